The van der Waals surface area contributed by atoms with Gasteiger partial charge in [-0.15, -0.1) is 0 Å². The van der Waals surface area contributed by atoms with Crippen molar-refractivity contribution in [1.82, 2.24) is 10.5 Å². The summed E-state index contributed by atoms with van der Waals surface area (Å²) in [6.07, 6.45) is 0.0501. The number of hydrogen-bond acceptors (Lipinski definition) is 5. The van der Waals surface area contributed by atoms with Crippen LogP contribution in [0.2, 0.25) is 0 Å². The van der Waals surface area contributed by atoms with E-state index in [1.54, 1.807) is 0 Å². The second-order valence-electron chi connectivity index (χ2n) is 7.64. The first-order chi connectivity index (χ1) is 14.1. The molecule has 3 rings (SSSR count). The molecule has 1 aromatic carbocycles. The molecule has 7 nitrogen and oxygen atoms in total. The molecule has 1 aliphatic rings. The van der Waals surface area contributed by atoms with Crippen molar-refractivity contribution in [1.29, 1.82) is 0 Å². The first-order valence-electron chi connectivity index (χ1n) is 9.44. The maximum Gasteiger partial charge on any atom is 0.417 e. The molecule has 1 aliphatic carbocycles. The minimum absolute atomic E-state index is 0.0121. The number of methoxy groups -OCH3 is 1. The molecule has 0 unspecified atom stereocenters. The molecule has 1 aromatic heterocycles. The number of benzene rings is 1. The third kappa shape index (κ3) is 4.04. The van der Waals surface area contributed by atoms with E-state index in [4.69, 9.17) is 9.94 Å². The van der Waals surface area contributed by atoms with Crippen LogP contribution >= 0.6 is 0 Å². The van der Waals surface area contributed by atoms with E-state index in [0.29, 0.717) is 12.8 Å². The van der Waals surface area contributed by atoms with Gasteiger partial charge in [-0.3, -0.25) is 19.8 Å². The first kappa shape index (κ1) is 21.8. The van der Waals surface area contributed by atoms with E-state index in [2.05, 4.69) is 10.3 Å². The zero-order valence-electron chi connectivity index (χ0n) is 16.5. The lowest BCUT2D eigenvalue weighted by Gasteiger charge is -2.32. The van der Waals surface area contributed by atoms with Crippen molar-refractivity contribution in [2.45, 2.75) is 45.2 Å². The molecule has 3 N–H and O–H groups in total. The number of nitrogens with one attached hydrogen (secondary N) is 2. The van der Waals surface area contributed by atoms with Crippen LogP contribution in [0.15, 0.2) is 18.3 Å². The Kier molecular flexibility index (Phi) is 5.89. The number of carbonyl (C=O) groups is 2. The molecule has 10 heteroatoms. The molecule has 0 saturated heterocycles. The summed E-state index contributed by atoms with van der Waals surface area (Å²) in [5.74, 6) is -1.62. The van der Waals surface area contributed by atoms with E-state index in [1.165, 1.54) is 18.7 Å². The standard InChI is InChI=1S/C20H22F3N3O4/c1-19(6-4-3-5-7-19)18(28)25-11-8-12-15(20(21,22)23)13(17(27)26-29)10-24-16(12)14(9-11)30-2/h8-10,29H,3-7H2,1-2H3,(H,25,28)(H,26,27). The maximum atomic E-state index is 13.8. The van der Waals surface area contributed by atoms with E-state index in [0.717, 1.165) is 31.5 Å². The first-order valence-corrected chi connectivity index (χ1v) is 9.44. The Hall–Kier alpha value is -2.88. The minimum atomic E-state index is -4.92. The lowest BCUT2D eigenvalue weighted by Crippen LogP contribution is -2.35. The highest BCUT2D eigenvalue weighted by Crippen LogP contribution is 2.41. The average Bonchev–Trinajstić information content (AvgIpc) is 2.71. The molecule has 30 heavy (non-hydrogen) atoms. The number of ether oxygens (including phenoxy) is 1. The predicted octanol–water partition coefficient (Wildman–Crippen LogP) is 4.29. The number of amides is 2. The smallest absolute Gasteiger partial charge is 0.417 e. The Balaban J connectivity index is 2.15. The van der Waals surface area contributed by atoms with Crippen LogP contribution < -0.4 is 15.5 Å². The van der Waals surface area contributed by atoms with Gasteiger partial charge in [0.05, 0.1) is 18.2 Å². The van der Waals surface area contributed by atoms with Crippen LogP contribution in [-0.2, 0) is 11.0 Å². The van der Waals surface area contributed by atoms with Crippen LogP contribution in [0.25, 0.3) is 10.9 Å². The van der Waals surface area contributed by atoms with Gasteiger partial charge in [-0.25, -0.2) is 5.48 Å². The Labute approximate surface area is 170 Å². The highest BCUT2D eigenvalue weighted by Gasteiger charge is 2.39. The van der Waals surface area contributed by atoms with E-state index in [9.17, 15) is 22.8 Å². The Bertz CT molecular complexity index is 985. The predicted molar refractivity (Wildman–Crippen MR) is 102 cm³/mol. The number of nitrogens with zero attached hydrogens (tertiary/aromatic N) is 1. The summed E-state index contributed by atoms with van der Waals surface area (Å²) in [6.45, 7) is 1.84. The number of hydrogen-bond donors (Lipinski definition) is 3. The Morgan fingerprint density at radius 3 is 2.43 bits per heavy atom. The van der Waals surface area contributed by atoms with Gasteiger partial charge in [-0.1, -0.05) is 26.2 Å². The number of anilines is 1. The van der Waals surface area contributed by atoms with Gasteiger partial charge in [0.25, 0.3) is 5.91 Å². The summed E-state index contributed by atoms with van der Waals surface area (Å²) < 4.78 is 46.7. The lowest BCUT2D eigenvalue weighted by molar-refractivity contribution is -0.136. The van der Waals surface area contributed by atoms with E-state index in [1.807, 2.05) is 6.92 Å². The highest BCUT2D eigenvalue weighted by atomic mass is 19.4. The number of rotatable bonds is 4. The molecule has 2 amide bonds. The van der Waals surface area contributed by atoms with Crippen LogP contribution in [0.5, 0.6) is 5.75 Å². The molecule has 0 radical (unpaired) electrons. The van der Waals surface area contributed by atoms with Gasteiger partial charge in [0, 0.05) is 28.8 Å². The second-order valence-corrected chi connectivity index (χ2v) is 7.64. The minimum Gasteiger partial charge on any atom is -0.494 e. The highest BCUT2D eigenvalue weighted by molar-refractivity contribution is 6.03. The second kappa shape index (κ2) is 8.10. The molecule has 0 aliphatic heterocycles. The number of hydroxylamine groups is 1. The number of aromatic nitrogens is 1. The van der Waals surface area contributed by atoms with Crippen molar-refractivity contribution in [2.24, 2.45) is 5.41 Å². The number of carbonyl (C=O) groups excluding carboxylic acids is 2. The normalized spacial score (nSPS) is 16.2. The van der Waals surface area contributed by atoms with Gasteiger partial charge in [-0.2, -0.15) is 13.2 Å². The quantitative estimate of drug-likeness (QED) is 0.501. The van der Waals surface area contributed by atoms with Gasteiger partial charge in [0.2, 0.25) is 5.91 Å². The summed E-state index contributed by atoms with van der Waals surface area (Å²) in [6, 6.07) is 2.51. The molecule has 1 saturated carbocycles. The number of pyridine rings is 1. The van der Waals surface area contributed by atoms with Crippen LogP contribution in [0.1, 0.15) is 54.9 Å². The van der Waals surface area contributed by atoms with Crippen molar-refractivity contribution in [3.8, 4) is 5.75 Å². The molecule has 1 heterocycles. The fourth-order valence-corrected chi connectivity index (χ4v) is 3.88. The summed E-state index contributed by atoms with van der Waals surface area (Å²) >= 11 is 0. The molecule has 2 aromatic rings. The van der Waals surface area contributed by atoms with Crippen molar-refractivity contribution in [3.05, 3.63) is 29.5 Å². The van der Waals surface area contributed by atoms with Crippen LogP contribution in [0.4, 0.5) is 18.9 Å². The van der Waals surface area contributed by atoms with Crippen molar-refractivity contribution < 1.29 is 32.7 Å². The zero-order valence-corrected chi connectivity index (χ0v) is 16.5. The fraction of sp³-hybridized carbons (Fsp3) is 0.450. The van der Waals surface area contributed by atoms with Gasteiger partial charge < -0.3 is 10.1 Å². The fourth-order valence-electron chi connectivity index (χ4n) is 3.88. The molecule has 162 valence electrons. The average molecular weight is 425 g/mol. The van der Waals surface area contributed by atoms with Crippen LogP contribution in [0.3, 0.4) is 0 Å². The largest absolute Gasteiger partial charge is 0.494 e. The lowest BCUT2D eigenvalue weighted by atomic mass is 9.75. The maximum absolute atomic E-state index is 13.8. The van der Waals surface area contributed by atoms with E-state index < -0.39 is 34.0 Å². The number of alkyl halides is 3. The summed E-state index contributed by atoms with van der Waals surface area (Å²) in [7, 11) is 1.27. The number of halogens is 3. The van der Waals surface area contributed by atoms with Gasteiger partial charge in [-0.05, 0) is 18.9 Å². The van der Waals surface area contributed by atoms with E-state index in [-0.39, 0.29) is 22.9 Å². The summed E-state index contributed by atoms with van der Waals surface area (Å²) in [4.78, 5) is 28.5. The molecular weight excluding hydrogens is 403 g/mol. The summed E-state index contributed by atoms with van der Waals surface area (Å²) in [5.41, 5.74) is -1.55. The van der Waals surface area contributed by atoms with Crippen LogP contribution in [-0.4, -0.2) is 29.1 Å². The van der Waals surface area contributed by atoms with E-state index >= 15 is 0 Å². The van der Waals surface area contributed by atoms with Gasteiger partial charge >= 0.3 is 6.18 Å². The van der Waals surface area contributed by atoms with Crippen molar-refractivity contribution >= 4 is 28.4 Å². The molecular formula is C20H22F3N3O4. The molecule has 0 bridgehead atoms. The number of fused-ring (bicyclic) bond motifs is 1. The Morgan fingerprint density at radius 2 is 1.87 bits per heavy atom. The third-order valence-corrected chi connectivity index (χ3v) is 5.55. The topological polar surface area (TPSA) is 101 Å². The third-order valence-electron chi connectivity index (χ3n) is 5.55. The Morgan fingerprint density at radius 1 is 1.20 bits per heavy atom. The molecule has 0 spiro atoms. The van der Waals surface area contributed by atoms with Crippen molar-refractivity contribution in [2.75, 3.05) is 12.4 Å². The summed E-state index contributed by atoms with van der Waals surface area (Å²) in [5, 5.41) is 11.1. The van der Waals surface area contributed by atoms with Crippen LogP contribution in [0, 0.1) is 5.41 Å². The SMILES string of the molecule is COc1cc(NC(=O)C2(C)CCCCC2)cc2c(C(F)(F)F)c(C(=O)NO)cnc12. The monoisotopic (exact) mass is 425 g/mol. The van der Waals surface area contributed by atoms with Gasteiger partial charge in [0.15, 0.2) is 0 Å². The molecule has 1 fully saturated rings. The van der Waals surface area contributed by atoms with Gasteiger partial charge in [0.1, 0.15) is 11.3 Å². The van der Waals surface area contributed by atoms with Crippen molar-refractivity contribution in [3.63, 3.8) is 0 Å². The molecule has 0 atom stereocenters. The zero-order chi connectivity index (χ0) is 22.1.